The van der Waals surface area contributed by atoms with Crippen molar-refractivity contribution in [3.05, 3.63) is 80.2 Å². The Bertz CT molecular complexity index is 1070. The molecule has 168 valence electrons. The molecule has 3 heteroatoms. The van der Waals surface area contributed by atoms with Crippen LogP contribution in [0.1, 0.15) is 86.7 Å². The van der Waals surface area contributed by atoms with Crippen LogP contribution in [-0.2, 0) is 32.1 Å². The fraction of sp³-hybridized carbons (Fsp3) is 0.414. The van der Waals surface area contributed by atoms with Crippen molar-refractivity contribution in [2.45, 2.75) is 75.3 Å². The van der Waals surface area contributed by atoms with Crippen LogP contribution in [0.15, 0.2) is 57.9 Å². The average Bonchev–Trinajstić information content (AvgIpc) is 3.26. The van der Waals surface area contributed by atoms with Crippen molar-refractivity contribution in [2.24, 2.45) is 0 Å². The van der Waals surface area contributed by atoms with Gasteiger partial charge in [0.05, 0.1) is 0 Å². The van der Waals surface area contributed by atoms with Gasteiger partial charge in [-0.1, -0.05) is 0 Å². The van der Waals surface area contributed by atoms with Crippen molar-refractivity contribution in [3.8, 4) is 11.1 Å². The zero-order chi connectivity index (χ0) is 21.3. The average molecular weight is 634 g/mol. The Kier molecular flexibility index (Phi) is 7.67. The van der Waals surface area contributed by atoms with Crippen LogP contribution in [0.2, 0.25) is 0 Å². The first-order valence-electron chi connectivity index (χ1n) is 11.5. The van der Waals surface area contributed by atoms with E-state index in [1.165, 1.54) is 41.5 Å². The van der Waals surface area contributed by atoms with Crippen molar-refractivity contribution >= 4 is 3.21 Å². The van der Waals surface area contributed by atoms with Gasteiger partial charge in [-0.2, -0.15) is 0 Å². The maximum Gasteiger partial charge on any atom is -1.00 e. The van der Waals surface area contributed by atoms with Crippen LogP contribution in [0.3, 0.4) is 0 Å². The predicted octanol–water partition coefficient (Wildman–Crippen LogP) is 1.79. The summed E-state index contributed by atoms with van der Waals surface area (Å²) in [6.07, 6.45) is 11.2. The van der Waals surface area contributed by atoms with E-state index in [9.17, 15) is 0 Å². The van der Waals surface area contributed by atoms with E-state index in [0.29, 0.717) is 3.63 Å². The second kappa shape index (κ2) is 9.35. The molecule has 1 saturated carbocycles. The van der Waals surface area contributed by atoms with Gasteiger partial charge in [0.1, 0.15) is 0 Å². The van der Waals surface area contributed by atoms with Gasteiger partial charge in [0, 0.05) is 0 Å². The van der Waals surface area contributed by atoms with Crippen LogP contribution in [0, 0.1) is 0 Å². The Morgan fingerprint density at radius 1 is 0.750 bits per heavy atom. The predicted molar refractivity (Wildman–Crippen MR) is 127 cm³/mol. The van der Waals surface area contributed by atoms with E-state index < -0.39 is 21.3 Å². The topological polar surface area (TPSA) is 0 Å². The molecule has 3 aliphatic carbocycles. The fourth-order valence-corrected chi connectivity index (χ4v) is 14.0. The molecule has 0 atom stereocenters. The number of benzene rings is 2. The SMILES string of the molecule is CC(C)(C)c1ccc2c(c1)-c1cc(C(C)(C)C)ccc1[CH]2[Zr+2]([C]1=CC=CC1)=[C]1CC1.[Br-].[Br-]. The molecule has 5 rings (SSSR count). The normalized spacial score (nSPS) is 16.4. The summed E-state index contributed by atoms with van der Waals surface area (Å²) in [5, 5.41) is 0. The summed E-state index contributed by atoms with van der Waals surface area (Å²) >= 11 is -1.90. The van der Waals surface area contributed by atoms with Crippen LogP contribution >= 0.6 is 0 Å². The van der Waals surface area contributed by atoms with Gasteiger partial charge < -0.3 is 34.0 Å². The molecule has 0 saturated heterocycles. The molecule has 0 N–H and O–H groups in total. The number of halogens is 2. The summed E-state index contributed by atoms with van der Waals surface area (Å²) in [6, 6.07) is 14.9. The third kappa shape index (κ3) is 4.73. The smallest absolute Gasteiger partial charge is 1.00 e. The quantitative estimate of drug-likeness (QED) is 0.474. The van der Waals surface area contributed by atoms with Crippen molar-refractivity contribution in [1.82, 2.24) is 0 Å². The minimum absolute atomic E-state index is 0. The molecule has 0 spiro atoms. The molecule has 2 aromatic carbocycles. The van der Waals surface area contributed by atoms with E-state index in [0.717, 1.165) is 0 Å². The fourth-order valence-electron chi connectivity index (χ4n) is 5.09. The number of rotatable bonds is 2. The Hall–Kier alpha value is -0.367. The Balaban J connectivity index is 0.00000144. The molecule has 0 amide bonds. The van der Waals surface area contributed by atoms with Crippen LogP contribution < -0.4 is 34.0 Å². The van der Waals surface area contributed by atoms with Gasteiger partial charge in [-0.15, -0.1) is 0 Å². The van der Waals surface area contributed by atoms with Crippen molar-refractivity contribution in [2.75, 3.05) is 0 Å². The van der Waals surface area contributed by atoms with Crippen LogP contribution in [0.4, 0.5) is 0 Å². The molecule has 3 aliphatic rings. The summed E-state index contributed by atoms with van der Waals surface area (Å²) in [5.41, 5.74) is 9.59. The maximum absolute atomic E-state index is 2.53. The Morgan fingerprint density at radius 2 is 1.25 bits per heavy atom. The molecular formula is C29H34Br2Zr. The number of hydrogen-bond donors (Lipinski definition) is 0. The first kappa shape index (κ1) is 26.2. The van der Waals surface area contributed by atoms with E-state index in [-0.39, 0.29) is 44.8 Å². The van der Waals surface area contributed by atoms with Gasteiger partial charge in [0.25, 0.3) is 0 Å². The van der Waals surface area contributed by atoms with Crippen molar-refractivity contribution in [1.29, 1.82) is 0 Å². The zero-order valence-corrected chi connectivity index (χ0v) is 25.8. The first-order valence-corrected chi connectivity index (χ1v) is 15.4. The van der Waals surface area contributed by atoms with E-state index in [2.05, 4.69) is 96.2 Å². The summed E-state index contributed by atoms with van der Waals surface area (Å²) in [6.45, 7) is 14.0. The number of hydrogen-bond acceptors (Lipinski definition) is 0. The van der Waals surface area contributed by atoms with Gasteiger partial charge in [-0.3, -0.25) is 0 Å². The van der Waals surface area contributed by atoms with Crippen LogP contribution in [0.25, 0.3) is 11.1 Å². The van der Waals surface area contributed by atoms with Gasteiger partial charge in [0.15, 0.2) is 0 Å². The zero-order valence-electron chi connectivity index (χ0n) is 20.2. The monoisotopic (exact) mass is 630 g/mol. The van der Waals surface area contributed by atoms with Gasteiger partial charge >= 0.3 is 191 Å². The number of fused-ring (bicyclic) bond motifs is 3. The minimum Gasteiger partial charge on any atom is -1.00 e. The molecule has 1 fully saturated rings. The van der Waals surface area contributed by atoms with E-state index in [1.807, 2.05) is 6.49 Å². The number of allylic oxidation sites excluding steroid dienone is 4. The minimum atomic E-state index is -1.90. The summed E-state index contributed by atoms with van der Waals surface area (Å²) < 4.78 is 4.44. The maximum atomic E-state index is 2.53. The van der Waals surface area contributed by atoms with Gasteiger partial charge in [-0.05, 0) is 0 Å². The third-order valence-corrected chi connectivity index (χ3v) is 15.7. The first-order chi connectivity index (χ1) is 14.1. The standard InChI is InChI=1S/C21H25.C5H5.C3H4.2BrH.Zr/c1-20(2,3)16-9-7-14-11-15-8-10-17(21(4,5)6)13-19(15)18(14)12-16;1-2-4-5-3-1;1-2-3-1;;;/h7-13H,1-6H3;1-3H,4H2;1-2H2;2*1H;/q;;;;;+2/p-2. The molecule has 0 aromatic heterocycles. The largest absolute Gasteiger partial charge is 1.00 e. The molecule has 0 nitrogen and oxygen atoms in total. The third-order valence-electron chi connectivity index (χ3n) is 7.04. The Morgan fingerprint density at radius 3 is 1.62 bits per heavy atom. The Labute approximate surface area is 223 Å². The van der Waals surface area contributed by atoms with Crippen molar-refractivity contribution < 1.29 is 55.2 Å². The molecule has 32 heavy (non-hydrogen) atoms. The molecule has 0 bridgehead atoms. The van der Waals surface area contributed by atoms with E-state index in [4.69, 9.17) is 0 Å². The second-order valence-corrected chi connectivity index (χ2v) is 18.1. The van der Waals surface area contributed by atoms with E-state index >= 15 is 0 Å². The summed E-state index contributed by atoms with van der Waals surface area (Å²) in [7, 11) is 0. The molecule has 2 aromatic rings. The molecule has 0 heterocycles. The second-order valence-electron chi connectivity index (χ2n) is 11.4. The van der Waals surface area contributed by atoms with Crippen molar-refractivity contribution in [3.63, 3.8) is 0 Å². The molecule has 0 aliphatic heterocycles. The molecule has 0 unspecified atom stereocenters. The van der Waals surface area contributed by atoms with Crippen LogP contribution in [0.5, 0.6) is 0 Å². The molecule has 0 radical (unpaired) electrons. The van der Waals surface area contributed by atoms with E-state index in [1.54, 1.807) is 11.1 Å². The summed E-state index contributed by atoms with van der Waals surface area (Å²) in [4.78, 5) is 0. The molecular weight excluding hydrogens is 599 g/mol. The van der Waals surface area contributed by atoms with Crippen LogP contribution in [-0.4, -0.2) is 3.21 Å². The van der Waals surface area contributed by atoms with Gasteiger partial charge in [-0.25, -0.2) is 0 Å². The van der Waals surface area contributed by atoms with Gasteiger partial charge in [0.2, 0.25) is 0 Å². The summed E-state index contributed by atoms with van der Waals surface area (Å²) in [5.74, 6) is 0.